The number of carbonyl (C=O) groups excluding carboxylic acids is 4. The molecule has 1 saturated heterocycles. The van der Waals surface area contributed by atoms with Gasteiger partial charge in [-0.05, 0) is 63.1 Å². The topological polar surface area (TPSA) is 93.2 Å². The zero-order valence-electron chi connectivity index (χ0n) is 20.9. The maximum absolute atomic E-state index is 14.4. The molecule has 3 aliphatic rings. The van der Waals surface area contributed by atoms with Crippen molar-refractivity contribution in [2.24, 2.45) is 0 Å². The van der Waals surface area contributed by atoms with Gasteiger partial charge in [0.15, 0.2) is 0 Å². The van der Waals surface area contributed by atoms with E-state index < -0.39 is 22.3 Å². The molecule has 9 heteroatoms. The van der Waals surface area contributed by atoms with Crippen LogP contribution < -0.4 is 9.80 Å². The summed E-state index contributed by atoms with van der Waals surface area (Å²) in [6.07, 6.45) is 2.06. The molecule has 1 spiro atoms. The summed E-state index contributed by atoms with van der Waals surface area (Å²) in [5.74, 6) is -1.83. The van der Waals surface area contributed by atoms with E-state index >= 15 is 0 Å². The number of ether oxygens (including phenoxy) is 2. The molecule has 0 N–H and O–H groups in total. The SMILES string of the molecule is COC(=O)c1cc(C(=O)OC)cc(N2C(=O)CS[C@]23C(=O)N2c4c(cc(C)cc43)C(C)=CC2(C)C)c1. The van der Waals surface area contributed by atoms with Crippen LogP contribution in [0, 0.1) is 6.92 Å². The van der Waals surface area contributed by atoms with Crippen LogP contribution in [0.2, 0.25) is 0 Å². The number of benzene rings is 2. The lowest BCUT2D eigenvalue weighted by molar-refractivity contribution is -0.124. The van der Waals surface area contributed by atoms with Gasteiger partial charge in [0.2, 0.25) is 10.8 Å². The maximum Gasteiger partial charge on any atom is 0.337 e. The van der Waals surface area contributed by atoms with Crippen molar-refractivity contribution in [1.82, 2.24) is 0 Å². The molecule has 0 radical (unpaired) electrons. The zero-order valence-corrected chi connectivity index (χ0v) is 21.7. The highest BCUT2D eigenvalue weighted by Gasteiger charge is 2.64. The number of rotatable bonds is 3. The maximum atomic E-state index is 14.4. The van der Waals surface area contributed by atoms with E-state index in [4.69, 9.17) is 9.47 Å². The predicted molar refractivity (Wildman–Crippen MR) is 137 cm³/mol. The Bertz CT molecular complexity index is 1380. The van der Waals surface area contributed by atoms with E-state index in [2.05, 4.69) is 12.1 Å². The number of esters is 2. The van der Waals surface area contributed by atoms with Crippen molar-refractivity contribution in [3.63, 3.8) is 0 Å². The van der Waals surface area contributed by atoms with Crippen molar-refractivity contribution in [3.05, 3.63) is 64.2 Å². The molecular formula is C27H26N2O6S. The molecule has 3 heterocycles. The number of fused-ring (bicyclic) bond motifs is 1. The smallest absolute Gasteiger partial charge is 0.337 e. The minimum absolute atomic E-state index is 0.0607. The standard InChI is InChI=1S/C27H26N2O6S/c1-14-7-19-15(2)12-26(3,4)29-22(19)20(8-14)27(25(29)33)28(21(30)13-36-27)18-10-16(23(31)34-5)9-17(11-18)24(32)35-6/h7-12H,13H2,1-6H3/t27-/m1/s1. The molecule has 1 atom stereocenters. The number of nitrogens with zero attached hydrogens (tertiary/aromatic N) is 2. The van der Waals surface area contributed by atoms with E-state index in [0.29, 0.717) is 0 Å². The molecular weight excluding hydrogens is 480 g/mol. The van der Waals surface area contributed by atoms with Crippen LogP contribution in [0.5, 0.6) is 0 Å². The Morgan fingerprint density at radius 3 is 2.11 bits per heavy atom. The lowest BCUT2D eigenvalue weighted by atomic mass is 9.88. The van der Waals surface area contributed by atoms with Crippen molar-refractivity contribution in [2.45, 2.75) is 38.1 Å². The lowest BCUT2D eigenvalue weighted by Crippen LogP contribution is -2.55. The molecule has 8 nitrogen and oxygen atoms in total. The van der Waals surface area contributed by atoms with Crippen LogP contribution in [0.25, 0.3) is 5.57 Å². The Balaban J connectivity index is 1.80. The van der Waals surface area contributed by atoms with Crippen molar-refractivity contribution in [3.8, 4) is 0 Å². The zero-order chi connectivity index (χ0) is 26.2. The van der Waals surface area contributed by atoms with Gasteiger partial charge in [0, 0.05) is 16.8 Å². The van der Waals surface area contributed by atoms with Gasteiger partial charge in [-0.25, -0.2) is 9.59 Å². The Morgan fingerprint density at radius 2 is 1.53 bits per heavy atom. The van der Waals surface area contributed by atoms with Crippen molar-refractivity contribution in [2.75, 3.05) is 29.8 Å². The summed E-state index contributed by atoms with van der Waals surface area (Å²) >= 11 is 1.25. The fourth-order valence-corrected chi connectivity index (χ4v) is 6.86. The molecule has 5 rings (SSSR count). The van der Waals surface area contributed by atoms with E-state index in [0.717, 1.165) is 28.0 Å². The normalized spacial score (nSPS) is 21.6. The molecule has 2 aromatic carbocycles. The quantitative estimate of drug-likeness (QED) is 0.580. The minimum atomic E-state index is -1.38. The molecule has 0 unspecified atom stereocenters. The number of hydrogen-bond acceptors (Lipinski definition) is 7. The van der Waals surface area contributed by atoms with Crippen LogP contribution in [-0.2, 0) is 23.9 Å². The minimum Gasteiger partial charge on any atom is -0.465 e. The van der Waals surface area contributed by atoms with Gasteiger partial charge in [-0.15, -0.1) is 11.8 Å². The van der Waals surface area contributed by atoms with Gasteiger partial charge in [0.25, 0.3) is 5.91 Å². The Labute approximate surface area is 213 Å². The second-order valence-electron chi connectivity index (χ2n) is 9.74. The third-order valence-electron chi connectivity index (χ3n) is 6.89. The average Bonchev–Trinajstić information content (AvgIpc) is 3.31. The van der Waals surface area contributed by atoms with Crippen LogP contribution in [0.4, 0.5) is 11.4 Å². The van der Waals surface area contributed by atoms with Gasteiger partial charge < -0.3 is 9.47 Å². The molecule has 186 valence electrons. The second kappa shape index (κ2) is 7.96. The highest BCUT2D eigenvalue weighted by atomic mass is 32.2. The number of carbonyl (C=O) groups is 4. The summed E-state index contributed by atoms with van der Waals surface area (Å²) < 4.78 is 9.75. The first-order valence-electron chi connectivity index (χ1n) is 11.4. The van der Waals surface area contributed by atoms with Crippen LogP contribution >= 0.6 is 11.8 Å². The van der Waals surface area contributed by atoms with E-state index in [9.17, 15) is 19.2 Å². The number of allylic oxidation sites excluding steroid dienone is 1. The average molecular weight is 507 g/mol. The number of methoxy groups -OCH3 is 2. The summed E-state index contributed by atoms with van der Waals surface area (Å²) in [7, 11) is 2.47. The molecule has 2 aromatic rings. The van der Waals surface area contributed by atoms with Gasteiger partial charge in [-0.1, -0.05) is 12.1 Å². The number of aryl methyl sites for hydroxylation is 1. The molecule has 0 aromatic heterocycles. The van der Waals surface area contributed by atoms with Crippen molar-refractivity contribution >= 4 is 52.5 Å². The second-order valence-corrected chi connectivity index (χ2v) is 10.9. The Kier molecular flexibility index (Phi) is 5.33. The summed E-state index contributed by atoms with van der Waals surface area (Å²) in [6, 6.07) is 8.31. The first-order chi connectivity index (χ1) is 17.0. The highest BCUT2D eigenvalue weighted by Crippen LogP contribution is 2.60. The molecule has 1 fully saturated rings. The lowest BCUT2D eigenvalue weighted by Gasteiger charge is -2.40. The monoisotopic (exact) mass is 506 g/mol. The number of anilines is 2. The number of amides is 2. The summed E-state index contributed by atoms with van der Waals surface area (Å²) in [5.41, 5.74) is 4.26. The molecule has 0 aliphatic carbocycles. The number of hydrogen-bond donors (Lipinski definition) is 0. The fourth-order valence-electron chi connectivity index (χ4n) is 5.53. The van der Waals surface area contributed by atoms with Gasteiger partial charge in [-0.2, -0.15) is 0 Å². The van der Waals surface area contributed by atoms with Crippen LogP contribution in [-0.4, -0.2) is 49.3 Å². The van der Waals surface area contributed by atoms with E-state index in [-0.39, 0.29) is 34.4 Å². The first kappa shape index (κ1) is 24.1. The summed E-state index contributed by atoms with van der Waals surface area (Å²) in [4.78, 5) is 54.6. The number of thioether (sulfide) groups is 1. The largest absolute Gasteiger partial charge is 0.465 e. The third-order valence-corrected chi connectivity index (χ3v) is 8.28. The van der Waals surface area contributed by atoms with E-state index in [1.165, 1.54) is 49.1 Å². The van der Waals surface area contributed by atoms with Crippen molar-refractivity contribution < 1.29 is 28.7 Å². The molecule has 0 bridgehead atoms. The van der Waals surface area contributed by atoms with E-state index in [1.807, 2.05) is 33.8 Å². The van der Waals surface area contributed by atoms with Gasteiger partial charge in [0.1, 0.15) is 0 Å². The van der Waals surface area contributed by atoms with Crippen LogP contribution in [0.1, 0.15) is 58.2 Å². The van der Waals surface area contributed by atoms with Gasteiger partial charge >= 0.3 is 11.9 Å². The van der Waals surface area contributed by atoms with E-state index in [1.54, 1.807) is 4.90 Å². The fraction of sp³-hybridized carbons (Fsp3) is 0.333. The van der Waals surface area contributed by atoms with Crippen LogP contribution in [0.3, 0.4) is 0 Å². The van der Waals surface area contributed by atoms with Gasteiger partial charge in [0.05, 0.1) is 42.3 Å². The van der Waals surface area contributed by atoms with Crippen molar-refractivity contribution in [1.29, 1.82) is 0 Å². The first-order valence-corrected chi connectivity index (χ1v) is 12.4. The molecule has 36 heavy (non-hydrogen) atoms. The summed E-state index contributed by atoms with van der Waals surface area (Å²) in [5, 5.41) is 0. The molecule has 0 saturated carbocycles. The van der Waals surface area contributed by atoms with Crippen LogP contribution in [0.15, 0.2) is 36.4 Å². The third kappa shape index (κ3) is 3.15. The Morgan fingerprint density at radius 1 is 0.917 bits per heavy atom. The summed E-state index contributed by atoms with van der Waals surface area (Å²) in [6.45, 7) is 7.93. The molecule has 3 aliphatic heterocycles. The predicted octanol–water partition coefficient (Wildman–Crippen LogP) is 4.04. The highest BCUT2D eigenvalue weighted by molar-refractivity contribution is 8.02. The molecule has 2 amide bonds. The Hall–Kier alpha value is -3.59. The van der Waals surface area contributed by atoms with Gasteiger partial charge in [-0.3, -0.25) is 19.4 Å².